The van der Waals surface area contributed by atoms with Crippen LogP contribution in [0.3, 0.4) is 0 Å². The number of Topliss-reactive ketones (excluding diaryl/α,β-unsaturated/α-hetero) is 1. The fraction of sp³-hybridized carbons (Fsp3) is 0.467. The number of ether oxygens (including phenoxy) is 1. The summed E-state index contributed by atoms with van der Waals surface area (Å²) < 4.78 is 30.8. The van der Waals surface area contributed by atoms with E-state index in [1.165, 1.54) is 36.6 Å². The summed E-state index contributed by atoms with van der Waals surface area (Å²) in [6, 6.07) is 12.2. The van der Waals surface area contributed by atoms with Crippen LogP contribution in [-0.2, 0) is 39.6 Å². The molecule has 0 radical (unpaired) electrons. The van der Waals surface area contributed by atoms with Crippen molar-refractivity contribution in [3.05, 3.63) is 75.0 Å². The lowest BCUT2D eigenvalue weighted by Gasteiger charge is -2.27. The Morgan fingerprint density at radius 3 is 2.46 bits per heavy atom. The van der Waals surface area contributed by atoms with Gasteiger partial charge in [-0.05, 0) is 62.3 Å². The number of carbonyl (C=O) groups is 2. The van der Waals surface area contributed by atoms with E-state index in [2.05, 4.69) is 41.2 Å². The van der Waals surface area contributed by atoms with Crippen LogP contribution in [0.1, 0.15) is 63.4 Å². The molecule has 1 fully saturated rings. The second-order valence-electron chi connectivity index (χ2n) is 10.6. The maximum Gasteiger partial charge on any atom is 0.235 e. The Balaban J connectivity index is 1.56. The van der Waals surface area contributed by atoms with E-state index in [1.54, 1.807) is 20.2 Å². The minimum atomic E-state index is -3.71. The number of hydrogen-bond donors (Lipinski definition) is 0. The van der Waals surface area contributed by atoms with Gasteiger partial charge in [0.25, 0.3) is 0 Å². The Kier molecular flexibility index (Phi) is 9.61. The average Bonchev–Trinajstić information content (AvgIpc) is 3.68. The van der Waals surface area contributed by atoms with E-state index in [0.717, 1.165) is 29.3 Å². The smallest absolute Gasteiger partial charge is 0.235 e. The molecule has 0 unspecified atom stereocenters. The number of aryl methyl sites for hydroxylation is 3. The quantitative estimate of drug-likeness (QED) is 0.256. The lowest BCUT2D eigenvalue weighted by atomic mass is 9.99. The minimum Gasteiger partial charge on any atom is -0.495 e. The van der Waals surface area contributed by atoms with Gasteiger partial charge in [0.05, 0.1) is 31.0 Å². The molecule has 0 saturated heterocycles. The van der Waals surface area contributed by atoms with E-state index in [9.17, 15) is 18.0 Å². The molecule has 3 aromatic rings. The van der Waals surface area contributed by atoms with E-state index in [4.69, 9.17) is 4.74 Å². The number of thiazole rings is 1. The average molecular weight is 599 g/mol. The highest BCUT2D eigenvalue weighted by Gasteiger charge is 2.54. The molecular weight excluding hydrogens is 560 g/mol. The Hall–Kier alpha value is -3.15. The topological polar surface area (TPSA) is 110 Å². The van der Waals surface area contributed by atoms with Gasteiger partial charge in [0.1, 0.15) is 22.2 Å². The highest BCUT2D eigenvalue weighted by atomic mass is 32.2. The van der Waals surface area contributed by atoms with Crippen molar-refractivity contribution in [1.82, 2.24) is 19.2 Å². The molecule has 0 atom stereocenters. The number of methoxy groups -OCH3 is 1. The number of benzene rings is 1. The molecule has 0 N–H and O–H groups in total. The van der Waals surface area contributed by atoms with Gasteiger partial charge in [-0.3, -0.25) is 14.6 Å². The van der Waals surface area contributed by atoms with E-state index in [0.29, 0.717) is 35.0 Å². The number of ketones is 1. The molecule has 41 heavy (non-hydrogen) atoms. The first-order chi connectivity index (χ1) is 19.5. The molecule has 1 amide bonds. The van der Waals surface area contributed by atoms with Crippen molar-refractivity contribution >= 4 is 33.1 Å². The number of rotatable bonds is 14. The summed E-state index contributed by atoms with van der Waals surface area (Å²) in [6.45, 7) is 4.65. The number of aromatic nitrogens is 2. The first-order valence-electron chi connectivity index (χ1n) is 13.8. The standard InChI is InChI=1S/C30H38N4O5S2/c1-6-22-9-7-10-23(17-22)11-8-16-34(29(36)30(14-15-30)26-13-12-24(39-5)18-31-26)19-27-32-28(21(2)40-27)25(35)20-41(37,38)33(3)4/h7,9-10,12-13,17-18H,6,8,11,14-16,19-20H2,1-5H3. The fourth-order valence-electron chi connectivity index (χ4n) is 4.83. The van der Waals surface area contributed by atoms with Gasteiger partial charge in [-0.1, -0.05) is 31.2 Å². The first kappa shape index (κ1) is 30.8. The first-order valence-corrected chi connectivity index (χ1v) is 16.2. The lowest BCUT2D eigenvalue weighted by molar-refractivity contribution is -0.134. The molecule has 0 aliphatic heterocycles. The van der Waals surface area contributed by atoms with E-state index < -0.39 is 27.0 Å². The Morgan fingerprint density at radius 1 is 1.12 bits per heavy atom. The van der Waals surface area contributed by atoms with Gasteiger partial charge in [0, 0.05) is 25.5 Å². The number of sulfonamides is 1. The number of carbonyl (C=O) groups excluding carboxylic acids is 2. The second-order valence-corrected chi connectivity index (χ2v) is 14.1. The number of nitrogens with zero attached hydrogens (tertiary/aromatic N) is 4. The maximum absolute atomic E-state index is 14.1. The molecule has 2 aromatic heterocycles. The van der Waals surface area contributed by atoms with Crippen molar-refractivity contribution in [2.45, 2.75) is 57.9 Å². The molecule has 4 rings (SSSR count). The van der Waals surface area contributed by atoms with Crippen LogP contribution in [0.4, 0.5) is 0 Å². The molecule has 0 spiro atoms. The summed E-state index contributed by atoms with van der Waals surface area (Å²) >= 11 is 1.32. The Bertz CT molecular complexity index is 1500. The van der Waals surface area contributed by atoms with E-state index in [-0.39, 0.29) is 18.1 Å². The third kappa shape index (κ3) is 7.20. The van der Waals surface area contributed by atoms with Gasteiger partial charge in [0.15, 0.2) is 5.78 Å². The van der Waals surface area contributed by atoms with Crippen LogP contribution in [-0.4, -0.2) is 72.8 Å². The summed E-state index contributed by atoms with van der Waals surface area (Å²) in [4.78, 5) is 38.5. The van der Waals surface area contributed by atoms with Gasteiger partial charge in [-0.15, -0.1) is 11.3 Å². The summed E-state index contributed by atoms with van der Waals surface area (Å²) in [5.41, 5.74) is 2.71. The zero-order valence-corrected chi connectivity index (χ0v) is 26.0. The van der Waals surface area contributed by atoms with Gasteiger partial charge >= 0.3 is 0 Å². The van der Waals surface area contributed by atoms with Gasteiger partial charge < -0.3 is 9.64 Å². The van der Waals surface area contributed by atoms with E-state index >= 15 is 0 Å². The molecule has 9 nitrogen and oxygen atoms in total. The predicted molar refractivity (Wildman–Crippen MR) is 160 cm³/mol. The molecular formula is C30H38N4O5S2. The number of pyridine rings is 1. The predicted octanol–water partition coefficient (Wildman–Crippen LogP) is 4.18. The molecule has 1 aliphatic carbocycles. The largest absolute Gasteiger partial charge is 0.495 e. The van der Waals surface area contributed by atoms with Gasteiger partial charge in [0.2, 0.25) is 15.9 Å². The third-order valence-electron chi connectivity index (χ3n) is 7.50. The fourth-order valence-corrected chi connectivity index (χ4v) is 6.52. The SMILES string of the molecule is CCc1cccc(CCCN(Cc2nc(C(=O)CS(=O)(=O)N(C)C)c(C)s2)C(=O)C2(c3ccc(OC)cn3)CC2)c1. The minimum absolute atomic E-state index is 0.00612. The molecule has 220 valence electrons. The summed E-state index contributed by atoms with van der Waals surface area (Å²) in [5, 5.41) is 0.605. The monoisotopic (exact) mass is 598 g/mol. The Morgan fingerprint density at radius 2 is 1.85 bits per heavy atom. The summed E-state index contributed by atoms with van der Waals surface area (Å²) in [6.07, 6.45) is 5.62. The van der Waals surface area contributed by atoms with Crippen molar-refractivity contribution in [3.63, 3.8) is 0 Å². The maximum atomic E-state index is 14.1. The normalized spacial score (nSPS) is 14.2. The van der Waals surface area contributed by atoms with Gasteiger partial charge in [-0.25, -0.2) is 17.7 Å². The second kappa shape index (κ2) is 12.8. The van der Waals surface area contributed by atoms with Crippen molar-refractivity contribution in [2.24, 2.45) is 0 Å². The van der Waals surface area contributed by atoms with Crippen LogP contribution in [0.5, 0.6) is 5.75 Å². The van der Waals surface area contributed by atoms with Crippen molar-refractivity contribution in [2.75, 3.05) is 33.5 Å². The zero-order chi connectivity index (χ0) is 29.8. The number of amides is 1. The van der Waals surface area contributed by atoms with Crippen LogP contribution in [0.15, 0.2) is 42.6 Å². The van der Waals surface area contributed by atoms with E-state index in [1.807, 2.05) is 17.0 Å². The molecule has 11 heteroatoms. The molecule has 1 aromatic carbocycles. The summed E-state index contributed by atoms with van der Waals surface area (Å²) in [7, 11) is 0.665. The number of hydrogen-bond acceptors (Lipinski definition) is 8. The van der Waals surface area contributed by atoms with Crippen molar-refractivity contribution < 1.29 is 22.7 Å². The molecule has 1 aliphatic rings. The van der Waals surface area contributed by atoms with Crippen LogP contribution in [0, 0.1) is 6.92 Å². The van der Waals surface area contributed by atoms with Crippen LogP contribution in [0.25, 0.3) is 0 Å². The molecule has 2 heterocycles. The molecule has 1 saturated carbocycles. The molecule has 0 bridgehead atoms. The highest BCUT2D eigenvalue weighted by molar-refractivity contribution is 7.89. The lowest BCUT2D eigenvalue weighted by Crippen LogP contribution is -2.40. The van der Waals surface area contributed by atoms with Crippen LogP contribution >= 0.6 is 11.3 Å². The van der Waals surface area contributed by atoms with Gasteiger partial charge in [-0.2, -0.15) is 0 Å². The van der Waals surface area contributed by atoms with Crippen molar-refractivity contribution in [1.29, 1.82) is 0 Å². The zero-order valence-electron chi connectivity index (χ0n) is 24.3. The Labute approximate surface area is 246 Å². The highest BCUT2D eigenvalue weighted by Crippen LogP contribution is 2.49. The van der Waals surface area contributed by atoms with Crippen LogP contribution < -0.4 is 4.74 Å². The van der Waals surface area contributed by atoms with Crippen molar-refractivity contribution in [3.8, 4) is 5.75 Å². The van der Waals surface area contributed by atoms with Crippen LogP contribution in [0.2, 0.25) is 0 Å². The third-order valence-corrected chi connectivity index (χ3v) is 10.2. The summed E-state index contributed by atoms with van der Waals surface area (Å²) in [5.74, 6) is -0.563.